The first-order chi connectivity index (χ1) is 5.20. The standard InChI is InChI=1S/3C2H4O2.Cr.Mn.H3N/c3*1-2(3)4;;;/h3*1H3,(H,3,4);;;1H3. The maximum atomic E-state index is 9.00. The summed E-state index contributed by atoms with van der Waals surface area (Å²) in [5.74, 6) is -2.50. The molecule has 0 heterocycles. The molecule has 0 rings (SSSR count). The van der Waals surface area contributed by atoms with E-state index >= 15 is 0 Å². The molecule has 0 aliphatic heterocycles. The summed E-state index contributed by atoms with van der Waals surface area (Å²) in [6.07, 6.45) is 0. The largest absolute Gasteiger partial charge is 0.481 e. The Balaban J connectivity index is -0.0000000184. The average molecular weight is 304 g/mol. The Morgan fingerprint density at radius 2 is 0.733 bits per heavy atom. The maximum Gasteiger partial charge on any atom is 0.300 e. The summed E-state index contributed by atoms with van der Waals surface area (Å²) in [6.45, 7) is 3.25. The predicted octanol–water partition coefficient (Wildman–Crippen LogP) is 0.430. The van der Waals surface area contributed by atoms with E-state index in [9.17, 15) is 0 Å². The van der Waals surface area contributed by atoms with Crippen molar-refractivity contribution in [2.75, 3.05) is 0 Å². The summed E-state index contributed by atoms with van der Waals surface area (Å²) in [5.41, 5.74) is 0. The van der Waals surface area contributed by atoms with Crippen LogP contribution in [0.15, 0.2) is 0 Å². The minimum Gasteiger partial charge on any atom is -0.481 e. The first-order valence-electron chi connectivity index (χ1n) is 2.78. The van der Waals surface area contributed by atoms with Crippen molar-refractivity contribution in [3.05, 3.63) is 0 Å². The Kier molecular flexibility index (Phi) is 71.3. The third-order valence-corrected chi connectivity index (χ3v) is 0. The van der Waals surface area contributed by atoms with Crippen LogP contribution >= 0.6 is 0 Å². The molecule has 9 heteroatoms. The second-order valence-electron chi connectivity index (χ2n) is 1.56. The van der Waals surface area contributed by atoms with E-state index in [1.807, 2.05) is 0 Å². The predicted molar refractivity (Wildman–Crippen MR) is 45.0 cm³/mol. The summed E-state index contributed by atoms with van der Waals surface area (Å²) in [5, 5.41) is 22.2. The van der Waals surface area contributed by atoms with Gasteiger partial charge in [-0.1, -0.05) is 0 Å². The number of carboxylic acid groups (broad SMARTS) is 3. The first-order valence-corrected chi connectivity index (χ1v) is 2.78. The van der Waals surface area contributed by atoms with E-state index in [2.05, 4.69) is 0 Å². The van der Waals surface area contributed by atoms with E-state index in [0.29, 0.717) is 0 Å². The van der Waals surface area contributed by atoms with Gasteiger partial charge in [0.15, 0.2) is 0 Å². The molecule has 15 heavy (non-hydrogen) atoms. The summed E-state index contributed by atoms with van der Waals surface area (Å²) >= 11 is 0. The molecule has 0 aliphatic carbocycles. The van der Waals surface area contributed by atoms with E-state index in [1.54, 1.807) is 0 Å². The SMILES string of the molecule is CC(=O)O.CC(=O)O.CC(=O)O.N.[Cr].[Mn]. The smallest absolute Gasteiger partial charge is 0.300 e. The van der Waals surface area contributed by atoms with Gasteiger partial charge in [-0.15, -0.1) is 0 Å². The molecule has 0 amide bonds. The number of carbonyl (C=O) groups is 3. The molecule has 0 atom stereocenters. The van der Waals surface area contributed by atoms with Crippen molar-refractivity contribution in [1.82, 2.24) is 6.15 Å². The van der Waals surface area contributed by atoms with E-state index in [-0.39, 0.29) is 40.6 Å². The molecule has 0 bridgehead atoms. The van der Waals surface area contributed by atoms with Gasteiger partial charge in [0, 0.05) is 55.2 Å². The Morgan fingerprint density at radius 1 is 0.733 bits per heavy atom. The topological polar surface area (TPSA) is 147 Å². The molecule has 0 aromatic heterocycles. The molecule has 6 N–H and O–H groups in total. The van der Waals surface area contributed by atoms with Crippen LogP contribution in [-0.2, 0) is 48.8 Å². The molecular formula is C6H15CrMnNO6. The monoisotopic (exact) mass is 304 g/mol. The minimum absolute atomic E-state index is 0. The maximum absolute atomic E-state index is 9.00. The Morgan fingerprint density at radius 3 is 0.733 bits per heavy atom. The zero-order valence-electron chi connectivity index (χ0n) is 8.56. The van der Waals surface area contributed by atoms with Gasteiger partial charge >= 0.3 is 0 Å². The van der Waals surface area contributed by atoms with Gasteiger partial charge in [0.05, 0.1) is 0 Å². The van der Waals surface area contributed by atoms with Gasteiger partial charge in [-0.3, -0.25) is 14.4 Å². The van der Waals surface area contributed by atoms with Crippen LogP contribution < -0.4 is 6.15 Å². The average Bonchev–Trinajstić information content (AvgIpc) is 1.54. The van der Waals surface area contributed by atoms with Crippen LogP contribution in [0.1, 0.15) is 20.8 Å². The van der Waals surface area contributed by atoms with Crippen molar-refractivity contribution in [3.63, 3.8) is 0 Å². The summed E-state index contributed by atoms with van der Waals surface area (Å²) < 4.78 is 0. The van der Waals surface area contributed by atoms with Crippen molar-refractivity contribution in [2.45, 2.75) is 20.8 Å². The first kappa shape index (κ1) is 36.6. The third kappa shape index (κ3) is 5240. The van der Waals surface area contributed by atoms with Gasteiger partial charge in [0.2, 0.25) is 0 Å². The van der Waals surface area contributed by atoms with Crippen LogP contribution in [0.3, 0.4) is 0 Å². The number of hydrogen-bond donors (Lipinski definition) is 4. The Bertz CT molecular complexity index is 125. The van der Waals surface area contributed by atoms with E-state index in [1.165, 1.54) is 0 Å². The van der Waals surface area contributed by atoms with Crippen LogP contribution in [0.25, 0.3) is 0 Å². The number of carboxylic acids is 3. The van der Waals surface area contributed by atoms with Gasteiger partial charge in [-0.05, 0) is 0 Å². The summed E-state index contributed by atoms with van der Waals surface area (Å²) in [7, 11) is 0. The van der Waals surface area contributed by atoms with Gasteiger partial charge < -0.3 is 21.5 Å². The van der Waals surface area contributed by atoms with E-state index < -0.39 is 17.9 Å². The van der Waals surface area contributed by atoms with Gasteiger partial charge in [0.25, 0.3) is 17.9 Å². The van der Waals surface area contributed by atoms with E-state index in [0.717, 1.165) is 20.8 Å². The second-order valence-corrected chi connectivity index (χ2v) is 1.56. The summed E-state index contributed by atoms with van der Waals surface area (Å²) in [6, 6.07) is 0. The Hall–Kier alpha value is -0.578. The molecule has 0 aromatic rings. The molecule has 7 nitrogen and oxygen atoms in total. The van der Waals surface area contributed by atoms with Crippen LogP contribution in [-0.4, -0.2) is 33.2 Å². The van der Waals surface area contributed by atoms with Crippen molar-refractivity contribution in [2.24, 2.45) is 0 Å². The van der Waals surface area contributed by atoms with Crippen LogP contribution in [0.4, 0.5) is 0 Å². The Labute approximate surface area is 109 Å². The van der Waals surface area contributed by atoms with Crippen molar-refractivity contribution in [3.8, 4) is 0 Å². The molecule has 0 aromatic carbocycles. The zero-order valence-corrected chi connectivity index (χ0v) is 11.0. The van der Waals surface area contributed by atoms with Crippen LogP contribution in [0.2, 0.25) is 0 Å². The van der Waals surface area contributed by atoms with Crippen LogP contribution in [0, 0.1) is 0 Å². The van der Waals surface area contributed by atoms with E-state index in [4.69, 9.17) is 29.7 Å². The molecule has 1 radical (unpaired) electrons. The molecule has 93 valence electrons. The van der Waals surface area contributed by atoms with Crippen molar-refractivity contribution in [1.29, 1.82) is 0 Å². The molecule has 0 saturated carbocycles. The molecule has 0 spiro atoms. The third-order valence-electron chi connectivity index (χ3n) is 0. The fourth-order valence-corrected chi connectivity index (χ4v) is 0. The number of rotatable bonds is 0. The van der Waals surface area contributed by atoms with Crippen molar-refractivity contribution < 1.29 is 64.1 Å². The number of hydrogen-bond acceptors (Lipinski definition) is 4. The molecule has 0 fully saturated rings. The fraction of sp³-hybridized carbons (Fsp3) is 0.500. The van der Waals surface area contributed by atoms with Gasteiger partial charge in [-0.2, -0.15) is 0 Å². The molecule has 0 unspecified atom stereocenters. The quantitative estimate of drug-likeness (QED) is 0.474. The second kappa shape index (κ2) is 29.2. The van der Waals surface area contributed by atoms with Crippen LogP contribution in [0.5, 0.6) is 0 Å². The fourth-order valence-electron chi connectivity index (χ4n) is 0. The molecule has 0 aliphatic rings. The summed E-state index contributed by atoms with van der Waals surface area (Å²) in [4.78, 5) is 27.0. The normalized spacial score (nSPS) is 5.00. The zero-order chi connectivity index (χ0) is 10.7. The number of aliphatic carboxylic acids is 3. The molecular weight excluding hydrogens is 289 g/mol. The molecule has 0 saturated heterocycles. The van der Waals surface area contributed by atoms with Gasteiger partial charge in [0.1, 0.15) is 0 Å². The minimum atomic E-state index is -0.833. The van der Waals surface area contributed by atoms with Crippen molar-refractivity contribution >= 4 is 17.9 Å². The van der Waals surface area contributed by atoms with Gasteiger partial charge in [-0.25, -0.2) is 0 Å².